The topological polar surface area (TPSA) is 35.5 Å². The van der Waals surface area contributed by atoms with Gasteiger partial charge in [-0.2, -0.15) is 13.2 Å². The molecule has 3 nitrogen and oxygen atoms in total. The number of rotatable bonds is 9. The Hall–Kier alpha value is -0.606. The van der Waals surface area contributed by atoms with Crippen LogP contribution in [0.4, 0.5) is 13.2 Å². The Balaban J connectivity index is 4.18. The maximum Gasteiger partial charge on any atom is 0.388 e. The molecule has 0 unspecified atom stereocenters. The molecule has 0 heterocycles. The van der Waals surface area contributed by atoms with Crippen LogP contribution in [0.5, 0.6) is 0 Å². The number of alkyl halides is 3. The maximum atomic E-state index is 12.3. The number of halogens is 3. The van der Waals surface area contributed by atoms with Gasteiger partial charge in [-0.05, 0) is 51.6 Å². The fourth-order valence-electron chi connectivity index (χ4n) is 2.15. The molecule has 0 saturated heterocycles. The Bertz CT molecular complexity index is 380. The molecule has 0 bridgehead atoms. The van der Waals surface area contributed by atoms with Crippen molar-refractivity contribution in [2.45, 2.75) is 64.2 Å². The van der Waals surface area contributed by atoms with Gasteiger partial charge in [0.1, 0.15) is 0 Å². The fraction of sp³-hybridized carbons (Fsp3) is 0.786. The minimum Gasteiger partial charge on any atom is -0.463 e. The minimum atomic E-state index is -4.12. The molecule has 0 aliphatic heterocycles. The molecule has 0 amide bonds. The van der Waals surface area contributed by atoms with E-state index >= 15 is 0 Å². The van der Waals surface area contributed by atoms with Crippen LogP contribution >= 0.6 is 0 Å². The van der Waals surface area contributed by atoms with Gasteiger partial charge in [0.25, 0.3) is 0 Å². The van der Waals surface area contributed by atoms with Crippen molar-refractivity contribution in [1.82, 2.24) is 0 Å². The summed E-state index contributed by atoms with van der Waals surface area (Å²) in [6, 6.07) is 0.849. The molecular formula is C14H27F3O3Si2. The quantitative estimate of drug-likeness (QED) is 0.256. The Morgan fingerprint density at radius 3 is 2.14 bits per heavy atom. The molecule has 0 aromatic rings. The van der Waals surface area contributed by atoms with Crippen molar-refractivity contribution in [3.8, 4) is 0 Å². The number of carbonyl (C=O) groups excluding carboxylic acids is 1. The molecule has 0 radical (unpaired) electrons. The molecule has 0 aliphatic carbocycles. The number of allylic oxidation sites excluding steroid dienone is 1. The maximum absolute atomic E-state index is 12.3. The first kappa shape index (κ1) is 21.4. The van der Waals surface area contributed by atoms with Crippen molar-refractivity contribution < 1.29 is 26.8 Å². The first-order valence-corrected chi connectivity index (χ1v) is 13.7. The van der Waals surface area contributed by atoms with E-state index in [4.69, 9.17) is 8.85 Å². The number of esters is 1. The number of hydrogen-bond acceptors (Lipinski definition) is 3. The van der Waals surface area contributed by atoms with Crippen molar-refractivity contribution in [2.24, 2.45) is 0 Å². The zero-order valence-corrected chi connectivity index (χ0v) is 16.0. The van der Waals surface area contributed by atoms with Crippen molar-refractivity contribution in [1.29, 1.82) is 0 Å². The molecule has 0 rings (SSSR count). The second-order valence-corrected chi connectivity index (χ2v) is 15.4. The largest absolute Gasteiger partial charge is 0.463 e. The van der Waals surface area contributed by atoms with Crippen molar-refractivity contribution in [3.05, 3.63) is 12.2 Å². The molecule has 0 N–H and O–H groups in total. The van der Waals surface area contributed by atoms with Gasteiger partial charge in [0.05, 0.1) is 6.61 Å². The second-order valence-electron chi connectivity index (χ2n) is 6.51. The minimum absolute atomic E-state index is 0.0865. The second kappa shape index (κ2) is 8.88. The average molecular weight is 357 g/mol. The van der Waals surface area contributed by atoms with Crippen LogP contribution in [0.15, 0.2) is 12.2 Å². The normalized spacial score (nSPS) is 13.6. The van der Waals surface area contributed by atoms with E-state index in [1.54, 1.807) is 13.0 Å². The molecule has 0 fully saturated rings. The molecule has 0 aromatic heterocycles. The predicted molar refractivity (Wildman–Crippen MR) is 86.7 cm³/mol. The first-order valence-electron chi connectivity index (χ1n) is 7.43. The van der Waals surface area contributed by atoms with Crippen LogP contribution in [0.3, 0.4) is 0 Å². The number of hydrogen-bond donors (Lipinski definition) is 0. The summed E-state index contributed by atoms with van der Waals surface area (Å²) in [6.07, 6.45) is -1.27. The lowest BCUT2D eigenvalue weighted by Gasteiger charge is -2.34. The summed E-state index contributed by atoms with van der Waals surface area (Å²) in [7, 11) is -4.36. The standard InChI is InChI=1S/C14H27F3O3Si2/c1-6-8-13(18)19-10-7-11-21(2,3)20-22(4,5)12-9-14(15,16)17/h6,8H,7,9-12H2,1-5H3. The molecule has 8 heteroatoms. The Morgan fingerprint density at radius 2 is 1.64 bits per heavy atom. The average Bonchev–Trinajstić information content (AvgIpc) is 2.31. The Labute approximate surface area is 133 Å². The zero-order valence-electron chi connectivity index (χ0n) is 14.0. The van der Waals surface area contributed by atoms with Gasteiger partial charge in [-0.1, -0.05) is 6.08 Å². The summed E-state index contributed by atoms with van der Waals surface area (Å²) in [4.78, 5) is 11.1. The monoisotopic (exact) mass is 356 g/mol. The molecule has 0 spiro atoms. The van der Waals surface area contributed by atoms with Crippen LogP contribution in [-0.2, 0) is 13.6 Å². The van der Waals surface area contributed by atoms with Gasteiger partial charge >= 0.3 is 12.1 Å². The van der Waals surface area contributed by atoms with Gasteiger partial charge in [-0.15, -0.1) is 0 Å². The van der Waals surface area contributed by atoms with Crippen LogP contribution < -0.4 is 0 Å². The molecular weight excluding hydrogens is 329 g/mol. The summed E-state index contributed by atoms with van der Waals surface area (Å²) in [5.74, 6) is -0.372. The van der Waals surface area contributed by atoms with E-state index in [0.717, 1.165) is 6.04 Å². The first-order chi connectivity index (χ1) is 9.87. The molecule has 0 aliphatic rings. The third-order valence-electron chi connectivity index (χ3n) is 3.03. The predicted octanol–water partition coefficient (Wildman–Crippen LogP) is 4.88. The molecule has 0 aromatic carbocycles. The van der Waals surface area contributed by atoms with E-state index in [9.17, 15) is 18.0 Å². The van der Waals surface area contributed by atoms with E-state index in [-0.39, 0.29) is 12.0 Å². The van der Waals surface area contributed by atoms with Crippen molar-refractivity contribution in [2.75, 3.05) is 6.61 Å². The van der Waals surface area contributed by atoms with Crippen LogP contribution in [-0.4, -0.2) is 35.4 Å². The Morgan fingerprint density at radius 1 is 1.09 bits per heavy atom. The van der Waals surface area contributed by atoms with Crippen LogP contribution in [0.1, 0.15) is 19.8 Å². The zero-order chi connectivity index (χ0) is 17.4. The summed E-state index contributed by atoms with van der Waals surface area (Å²) >= 11 is 0. The van der Waals surface area contributed by atoms with Gasteiger partial charge < -0.3 is 8.85 Å². The van der Waals surface area contributed by atoms with E-state index in [1.165, 1.54) is 6.08 Å². The van der Waals surface area contributed by atoms with Crippen LogP contribution in [0, 0.1) is 0 Å². The molecule has 0 atom stereocenters. The highest BCUT2D eigenvalue weighted by molar-refractivity contribution is 6.84. The van der Waals surface area contributed by atoms with Gasteiger partial charge in [-0.3, -0.25) is 0 Å². The van der Waals surface area contributed by atoms with Gasteiger partial charge in [-0.25, -0.2) is 4.79 Å². The number of carbonyl (C=O) groups is 1. The Kier molecular flexibility index (Phi) is 8.63. The fourth-order valence-corrected chi connectivity index (χ4v) is 10.8. The van der Waals surface area contributed by atoms with Gasteiger partial charge in [0.2, 0.25) is 0 Å². The highest BCUT2D eigenvalue weighted by Crippen LogP contribution is 2.29. The highest BCUT2D eigenvalue weighted by Gasteiger charge is 2.37. The number of ether oxygens (including phenoxy) is 1. The molecule has 130 valence electrons. The third kappa shape index (κ3) is 12.0. The van der Waals surface area contributed by atoms with Crippen molar-refractivity contribution in [3.63, 3.8) is 0 Å². The van der Waals surface area contributed by atoms with E-state index < -0.39 is 29.2 Å². The summed E-state index contributed by atoms with van der Waals surface area (Å²) in [5.41, 5.74) is 0. The van der Waals surface area contributed by atoms with Gasteiger partial charge in [0, 0.05) is 12.5 Å². The summed E-state index contributed by atoms with van der Waals surface area (Å²) in [5, 5.41) is 0. The van der Waals surface area contributed by atoms with Crippen LogP contribution in [0.2, 0.25) is 38.3 Å². The van der Waals surface area contributed by atoms with Crippen molar-refractivity contribution >= 4 is 22.6 Å². The smallest absolute Gasteiger partial charge is 0.388 e. The lowest BCUT2D eigenvalue weighted by molar-refractivity contribution is -0.137. The lowest BCUT2D eigenvalue weighted by Crippen LogP contribution is -2.44. The van der Waals surface area contributed by atoms with Crippen LogP contribution in [0.25, 0.3) is 0 Å². The SMILES string of the molecule is CC=CC(=O)OCCC[Si](C)(C)O[Si](C)(C)CCC(F)(F)F. The molecule has 0 saturated carbocycles. The van der Waals surface area contributed by atoms with E-state index in [2.05, 4.69) is 0 Å². The van der Waals surface area contributed by atoms with E-state index in [1.807, 2.05) is 26.2 Å². The highest BCUT2D eigenvalue weighted by atomic mass is 28.4. The summed E-state index contributed by atoms with van der Waals surface area (Å²) < 4.78 is 48.1. The van der Waals surface area contributed by atoms with E-state index in [0.29, 0.717) is 13.0 Å². The summed E-state index contributed by atoms with van der Waals surface area (Å²) in [6.45, 7) is 9.72. The molecule has 22 heavy (non-hydrogen) atoms. The van der Waals surface area contributed by atoms with Gasteiger partial charge in [0.15, 0.2) is 16.6 Å². The third-order valence-corrected chi connectivity index (χ3v) is 10.5. The lowest BCUT2D eigenvalue weighted by atomic mass is 10.5.